The van der Waals surface area contributed by atoms with Gasteiger partial charge < -0.3 is 5.73 Å². The fourth-order valence-corrected chi connectivity index (χ4v) is 1.64. The molecule has 0 aromatic carbocycles. The molecule has 1 heterocycles. The lowest BCUT2D eigenvalue weighted by Gasteiger charge is -2.03. The molecule has 0 bridgehead atoms. The third-order valence-corrected chi connectivity index (χ3v) is 3.13. The molecule has 0 amide bonds. The van der Waals surface area contributed by atoms with Crippen LogP contribution < -0.4 is 5.73 Å². The molecule has 16 heavy (non-hydrogen) atoms. The van der Waals surface area contributed by atoms with Crippen molar-refractivity contribution in [2.24, 2.45) is 10.7 Å². The maximum absolute atomic E-state index is 6.02. The van der Waals surface area contributed by atoms with Gasteiger partial charge in [-0.1, -0.05) is 23.3 Å². The minimum Gasteiger partial charge on any atom is -0.397 e. The first-order valence-electron chi connectivity index (χ1n) is 5.84. The second-order valence-corrected chi connectivity index (χ2v) is 4.46. The molecule has 88 valence electrons. The minimum atomic E-state index is 0.809. The van der Waals surface area contributed by atoms with Crippen LogP contribution >= 0.6 is 0 Å². The molecule has 0 saturated carbocycles. The predicted octanol–water partition coefficient (Wildman–Crippen LogP) is 3.37. The first-order chi connectivity index (χ1) is 7.52. The highest BCUT2D eigenvalue weighted by Crippen LogP contribution is 2.14. The van der Waals surface area contributed by atoms with Crippen LogP contribution in [0.1, 0.15) is 40.5 Å². The molecule has 0 spiro atoms. The zero-order chi connectivity index (χ0) is 12.1. The van der Waals surface area contributed by atoms with Gasteiger partial charge in [-0.25, -0.2) is 0 Å². The van der Waals surface area contributed by atoms with Crippen LogP contribution in [0.5, 0.6) is 0 Å². The molecule has 2 N–H and O–H groups in total. The lowest BCUT2D eigenvalue weighted by Crippen LogP contribution is -2.10. The van der Waals surface area contributed by atoms with Crippen molar-refractivity contribution >= 4 is 5.71 Å². The summed E-state index contributed by atoms with van der Waals surface area (Å²) in [6.45, 7) is 9.23. The number of aliphatic imine (C=N–C) groups is 1. The fraction of sp³-hybridized carbons (Fsp3) is 0.500. The van der Waals surface area contributed by atoms with E-state index < -0.39 is 0 Å². The summed E-state index contributed by atoms with van der Waals surface area (Å²) < 4.78 is 0. The van der Waals surface area contributed by atoms with Gasteiger partial charge in [0.05, 0.1) is 11.4 Å². The van der Waals surface area contributed by atoms with Gasteiger partial charge in [0, 0.05) is 6.54 Å². The Balaban J connectivity index is 3.08. The van der Waals surface area contributed by atoms with Gasteiger partial charge in [-0.05, 0) is 46.1 Å². The van der Waals surface area contributed by atoms with Gasteiger partial charge >= 0.3 is 0 Å². The van der Waals surface area contributed by atoms with Crippen molar-refractivity contribution in [3.63, 3.8) is 0 Å². The average molecular weight is 218 g/mol. The molecule has 1 aliphatic heterocycles. The number of nitrogens with zero attached hydrogens (tertiary/aromatic N) is 1. The van der Waals surface area contributed by atoms with Crippen molar-refractivity contribution in [2.75, 3.05) is 6.54 Å². The van der Waals surface area contributed by atoms with E-state index in [2.05, 4.69) is 31.0 Å². The zero-order valence-electron chi connectivity index (χ0n) is 10.8. The number of hydrogen-bond donors (Lipinski definition) is 1. The topological polar surface area (TPSA) is 38.4 Å². The highest BCUT2D eigenvalue weighted by atomic mass is 14.8. The summed E-state index contributed by atoms with van der Waals surface area (Å²) in [5.41, 5.74) is 11.7. The molecule has 0 radical (unpaired) electrons. The van der Waals surface area contributed by atoms with Crippen LogP contribution in [0.2, 0.25) is 0 Å². The summed E-state index contributed by atoms with van der Waals surface area (Å²) in [5.74, 6) is 0. The largest absolute Gasteiger partial charge is 0.397 e. The Bertz CT molecular complexity index is 382. The average Bonchev–Trinajstić information content (AvgIpc) is 2.29. The molecular formula is C14H22N2. The Morgan fingerprint density at radius 1 is 1.06 bits per heavy atom. The second-order valence-electron chi connectivity index (χ2n) is 4.46. The SMILES string of the molecule is CC1=N\CCC\C(C)=C(C)/C=C/C(C)=C/1N. The van der Waals surface area contributed by atoms with E-state index in [-0.39, 0.29) is 0 Å². The lowest BCUT2D eigenvalue weighted by molar-refractivity contribution is 0.818. The van der Waals surface area contributed by atoms with E-state index in [1.54, 1.807) is 0 Å². The highest BCUT2D eigenvalue weighted by Gasteiger charge is 2.02. The van der Waals surface area contributed by atoms with Crippen LogP contribution in [0.4, 0.5) is 0 Å². The van der Waals surface area contributed by atoms with Crippen LogP contribution in [0.3, 0.4) is 0 Å². The molecule has 0 atom stereocenters. The molecule has 0 aromatic heterocycles. The molecule has 0 saturated heterocycles. The van der Waals surface area contributed by atoms with Gasteiger partial charge in [-0.15, -0.1) is 0 Å². The van der Waals surface area contributed by atoms with E-state index in [1.165, 1.54) is 11.1 Å². The number of hydrogen-bond acceptors (Lipinski definition) is 2. The monoisotopic (exact) mass is 218 g/mol. The lowest BCUT2D eigenvalue weighted by atomic mass is 10.0. The fourth-order valence-electron chi connectivity index (χ4n) is 1.64. The van der Waals surface area contributed by atoms with Crippen LogP contribution in [0.25, 0.3) is 0 Å². The minimum absolute atomic E-state index is 0.809. The van der Waals surface area contributed by atoms with Crippen molar-refractivity contribution in [3.05, 3.63) is 34.6 Å². The Kier molecular flexibility index (Phi) is 4.53. The summed E-state index contributed by atoms with van der Waals surface area (Å²) in [7, 11) is 0. The van der Waals surface area contributed by atoms with Crippen LogP contribution in [-0.2, 0) is 0 Å². The summed E-state index contributed by atoms with van der Waals surface area (Å²) in [6.07, 6.45) is 6.45. The normalized spacial score (nSPS) is 33.9. The standard InChI is InChI=1S/C14H22N2/c1-10-6-5-9-16-13(4)14(15)12(3)8-7-11(10)2/h7-8H,5-6,9,15H2,1-4H3/b8-7+,11-10-,14-12-,16-13-. The quantitative estimate of drug-likeness (QED) is 0.665. The third kappa shape index (κ3) is 3.37. The van der Waals surface area contributed by atoms with Gasteiger partial charge in [0.25, 0.3) is 0 Å². The van der Waals surface area contributed by atoms with Crippen molar-refractivity contribution in [1.29, 1.82) is 0 Å². The number of rotatable bonds is 0. The number of nitrogens with two attached hydrogens (primary N) is 1. The summed E-state index contributed by atoms with van der Waals surface area (Å²) in [6, 6.07) is 0. The van der Waals surface area contributed by atoms with Crippen molar-refractivity contribution in [3.8, 4) is 0 Å². The van der Waals surface area contributed by atoms with Gasteiger partial charge in [0.15, 0.2) is 0 Å². The molecule has 1 rings (SSSR count). The molecule has 1 aliphatic rings. The Labute approximate surface area is 98.6 Å². The molecule has 0 aromatic rings. The van der Waals surface area contributed by atoms with E-state index in [0.717, 1.165) is 36.4 Å². The highest BCUT2D eigenvalue weighted by molar-refractivity contribution is 5.98. The maximum atomic E-state index is 6.02. The summed E-state index contributed by atoms with van der Waals surface area (Å²) in [4.78, 5) is 4.50. The smallest absolute Gasteiger partial charge is 0.0555 e. The van der Waals surface area contributed by atoms with E-state index in [0.29, 0.717) is 0 Å². The molecule has 0 fully saturated rings. The molecule has 0 aliphatic carbocycles. The second kappa shape index (κ2) is 5.69. The summed E-state index contributed by atoms with van der Waals surface area (Å²) in [5, 5.41) is 0. The number of allylic oxidation sites excluding steroid dienone is 6. The zero-order valence-corrected chi connectivity index (χ0v) is 10.8. The molecular weight excluding hydrogens is 196 g/mol. The van der Waals surface area contributed by atoms with Crippen molar-refractivity contribution < 1.29 is 0 Å². The van der Waals surface area contributed by atoms with Crippen LogP contribution in [0.15, 0.2) is 39.6 Å². The van der Waals surface area contributed by atoms with E-state index >= 15 is 0 Å². The van der Waals surface area contributed by atoms with Gasteiger partial charge in [-0.2, -0.15) is 0 Å². The molecule has 2 nitrogen and oxygen atoms in total. The third-order valence-electron chi connectivity index (χ3n) is 3.13. The Morgan fingerprint density at radius 3 is 2.38 bits per heavy atom. The molecule has 2 heteroatoms. The van der Waals surface area contributed by atoms with Gasteiger partial charge in [-0.3, -0.25) is 4.99 Å². The van der Waals surface area contributed by atoms with Crippen molar-refractivity contribution in [2.45, 2.75) is 40.5 Å². The Hall–Kier alpha value is -1.31. The van der Waals surface area contributed by atoms with Crippen molar-refractivity contribution in [1.82, 2.24) is 0 Å². The predicted molar refractivity (Wildman–Crippen MR) is 71.6 cm³/mol. The Morgan fingerprint density at radius 2 is 1.69 bits per heavy atom. The van der Waals surface area contributed by atoms with E-state index in [1.807, 2.05) is 13.8 Å². The van der Waals surface area contributed by atoms with Crippen LogP contribution in [0, 0.1) is 0 Å². The maximum Gasteiger partial charge on any atom is 0.0555 e. The van der Waals surface area contributed by atoms with Crippen LogP contribution in [-0.4, -0.2) is 12.3 Å². The summed E-state index contributed by atoms with van der Waals surface area (Å²) >= 11 is 0. The van der Waals surface area contributed by atoms with Gasteiger partial charge in [0.1, 0.15) is 0 Å². The first kappa shape index (κ1) is 12.8. The van der Waals surface area contributed by atoms with E-state index in [9.17, 15) is 0 Å². The van der Waals surface area contributed by atoms with E-state index in [4.69, 9.17) is 5.73 Å². The first-order valence-corrected chi connectivity index (χ1v) is 5.84. The molecule has 0 unspecified atom stereocenters. The van der Waals surface area contributed by atoms with Gasteiger partial charge in [0.2, 0.25) is 0 Å².